The van der Waals surface area contributed by atoms with Crippen molar-refractivity contribution >= 4 is 51.0 Å². The number of aliphatic carboxylic acids is 1. The molecular formula is C15H8Cl2FNO3. The van der Waals surface area contributed by atoms with E-state index in [1.54, 1.807) is 0 Å². The number of nitrogens with zero attached hydrogens (tertiary/aromatic N) is 1. The number of hydrogen-bond donors (Lipinski definition) is 1. The Bertz CT molecular complexity index is 998. The van der Waals surface area contributed by atoms with E-state index >= 15 is 0 Å². The van der Waals surface area contributed by atoms with Gasteiger partial charge < -0.3 is 9.67 Å². The molecule has 0 aliphatic heterocycles. The number of carbonyl (C=O) groups is 1. The Morgan fingerprint density at radius 3 is 2.55 bits per heavy atom. The molecular weight excluding hydrogens is 332 g/mol. The zero-order chi connectivity index (χ0) is 16.0. The van der Waals surface area contributed by atoms with Crippen molar-refractivity contribution in [2.45, 2.75) is 6.54 Å². The van der Waals surface area contributed by atoms with Gasteiger partial charge in [0.2, 0.25) is 0 Å². The Balaban J connectivity index is 2.64. The van der Waals surface area contributed by atoms with Gasteiger partial charge in [-0.2, -0.15) is 0 Å². The van der Waals surface area contributed by atoms with Crippen LogP contribution in [0.5, 0.6) is 0 Å². The highest BCUT2D eigenvalue weighted by atomic mass is 35.5. The van der Waals surface area contributed by atoms with E-state index in [-0.39, 0.29) is 37.3 Å². The molecule has 0 amide bonds. The van der Waals surface area contributed by atoms with Crippen LogP contribution in [0.25, 0.3) is 21.8 Å². The summed E-state index contributed by atoms with van der Waals surface area (Å²) in [6.45, 7) is -0.475. The third-order valence-corrected chi connectivity index (χ3v) is 4.17. The van der Waals surface area contributed by atoms with E-state index in [1.165, 1.54) is 22.8 Å². The van der Waals surface area contributed by atoms with Crippen LogP contribution in [-0.2, 0) is 11.3 Å². The second-order valence-electron chi connectivity index (χ2n) is 4.73. The first kappa shape index (κ1) is 14.8. The van der Waals surface area contributed by atoms with Crippen LogP contribution in [0.2, 0.25) is 10.0 Å². The molecule has 1 aromatic heterocycles. The predicted octanol–water partition coefficient (Wildman–Crippen LogP) is 3.69. The number of fused-ring (bicyclic) bond motifs is 2. The van der Waals surface area contributed by atoms with E-state index in [2.05, 4.69) is 0 Å². The van der Waals surface area contributed by atoms with Crippen molar-refractivity contribution in [1.29, 1.82) is 0 Å². The summed E-state index contributed by atoms with van der Waals surface area (Å²) in [5, 5.41) is 9.81. The number of halogens is 3. The van der Waals surface area contributed by atoms with Crippen molar-refractivity contribution in [2.24, 2.45) is 0 Å². The molecule has 1 heterocycles. The Morgan fingerprint density at radius 1 is 1.18 bits per heavy atom. The molecule has 0 unspecified atom stereocenters. The molecule has 1 N–H and O–H groups in total. The molecule has 0 bridgehead atoms. The molecule has 0 aliphatic rings. The quantitative estimate of drug-likeness (QED) is 0.724. The van der Waals surface area contributed by atoms with Crippen molar-refractivity contribution in [3.05, 3.63) is 56.4 Å². The fourth-order valence-corrected chi connectivity index (χ4v) is 2.89. The number of aromatic nitrogens is 1. The minimum atomic E-state index is -1.15. The average Bonchev–Trinajstić information content (AvgIpc) is 2.46. The minimum absolute atomic E-state index is 0.0590. The average molecular weight is 340 g/mol. The summed E-state index contributed by atoms with van der Waals surface area (Å²) < 4.78 is 14.8. The number of pyridine rings is 1. The summed E-state index contributed by atoms with van der Waals surface area (Å²) >= 11 is 12.1. The van der Waals surface area contributed by atoms with Gasteiger partial charge >= 0.3 is 5.97 Å². The fourth-order valence-electron chi connectivity index (χ4n) is 2.47. The Hall–Kier alpha value is -2.11. The van der Waals surface area contributed by atoms with Gasteiger partial charge in [-0.1, -0.05) is 23.2 Å². The maximum absolute atomic E-state index is 13.5. The highest BCUT2D eigenvalue weighted by Gasteiger charge is 2.17. The zero-order valence-electron chi connectivity index (χ0n) is 10.9. The van der Waals surface area contributed by atoms with E-state index in [1.807, 2.05) is 0 Å². The Labute approximate surface area is 133 Å². The molecule has 0 fully saturated rings. The van der Waals surface area contributed by atoms with E-state index in [4.69, 9.17) is 28.3 Å². The SMILES string of the molecule is O=C(O)Cn1c2cc(F)ccc2c(=O)c2ccc(Cl)c(Cl)c21. The second kappa shape index (κ2) is 5.26. The van der Waals surface area contributed by atoms with Gasteiger partial charge in [0.05, 0.1) is 21.1 Å². The fraction of sp³-hybridized carbons (Fsp3) is 0.0667. The number of carboxylic acid groups (broad SMARTS) is 1. The van der Waals surface area contributed by atoms with Gasteiger partial charge in [0.25, 0.3) is 0 Å². The summed E-state index contributed by atoms with van der Waals surface area (Å²) in [5.41, 5.74) is -0.0195. The standard InChI is InChI=1S/C15H8Cl2FNO3/c16-10-4-3-9-14(13(10)17)19(6-12(20)21)11-5-7(18)1-2-8(11)15(9)22/h1-5H,6H2,(H,20,21). The third kappa shape index (κ3) is 2.23. The zero-order valence-corrected chi connectivity index (χ0v) is 12.5. The van der Waals surface area contributed by atoms with Crippen molar-refractivity contribution < 1.29 is 14.3 Å². The molecule has 0 atom stereocenters. The van der Waals surface area contributed by atoms with Crippen LogP contribution in [0.4, 0.5) is 4.39 Å². The normalized spacial score (nSPS) is 11.2. The summed E-state index contributed by atoms with van der Waals surface area (Å²) in [4.78, 5) is 23.7. The lowest BCUT2D eigenvalue weighted by atomic mass is 10.1. The number of hydrogen-bond acceptors (Lipinski definition) is 2. The first-order chi connectivity index (χ1) is 10.4. The Kier molecular flexibility index (Phi) is 3.54. The summed E-state index contributed by atoms with van der Waals surface area (Å²) in [5.74, 6) is -1.73. The van der Waals surface area contributed by atoms with Gasteiger partial charge in [0.15, 0.2) is 5.43 Å². The molecule has 22 heavy (non-hydrogen) atoms. The van der Waals surface area contributed by atoms with E-state index in [0.717, 1.165) is 12.1 Å². The van der Waals surface area contributed by atoms with Crippen molar-refractivity contribution in [2.75, 3.05) is 0 Å². The molecule has 0 saturated carbocycles. The van der Waals surface area contributed by atoms with Crippen LogP contribution in [0.15, 0.2) is 35.1 Å². The highest BCUT2D eigenvalue weighted by molar-refractivity contribution is 6.45. The number of carboxylic acids is 1. The molecule has 7 heteroatoms. The highest BCUT2D eigenvalue weighted by Crippen LogP contribution is 2.31. The lowest BCUT2D eigenvalue weighted by molar-refractivity contribution is -0.137. The van der Waals surface area contributed by atoms with Gasteiger partial charge in [0, 0.05) is 10.8 Å². The molecule has 0 radical (unpaired) electrons. The maximum atomic E-state index is 13.5. The van der Waals surface area contributed by atoms with Gasteiger partial charge in [-0.3, -0.25) is 9.59 Å². The molecule has 0 aliphatic carbocycles. The molecule has 3 rings (SSSR count). The van der Waals surface area contributed by atoms with Crippen LogP contribution in [0.1, 0.15) is 0 Å². The molecule has 2 aromatic carbocycles. The largest absolute Gasteiger partial charge is 0.480 e. The van der Waals surface area contributed by atoms with Crippen LogP contribution < -0.4 is 5.43 Å². The monoisotopic (exact) mass is 339 g/mol. The van der Waals surface area contributed by atoms with Crippen LogP contribution in [-0.4, -0.2) is 15.6 Å². The minimum Gasteiger partial charge on any atom is -0.480 e. The van der Waals surface area contributed by atoms with Gasteiger partial charge in [-0.05, 0) is 30.3 Å². The van der Waals surface area contributed by atoms with Crippen molar-refractivity contribution in [3.63, 3.8) is 0 Å². The second-order valence-corrected chi connectivity index (χ2v) is 5.51. The maximum Gasteiger partial charge on any atom is 0.323 e. The predicted molar refractivity (Wildman–Crippen MR) is 83.3 cm³/mol. The first-order valence-electron chi connectivity index (χ1n) is 6.21. The van der Waals surface area contributed by atoms with Crippen LogP contribution in [0.3, 0.4) is 0 Å². The van der Waals surface area contributed by atoms with Crippen LogP contribution >= 0.6 is 23.2 Å². The number of benzene rings is 2. The first-order valence-corrected chi connectivity index (χ1v) is 6.97. The summed E-state index contributed by atoms with van der Waals surface area (Å²) in [6, 6.07) is 6.53. The van der Waals surface area contributed by atoms with E-state index < -0.39 is 18.3 Å². The van der Waals surface area contributed by atoms with Gasteiger partial charge in [0.1, 0.15) is 12.4 Å². The topological polar surface area (TPSA) is 59.3 Å². The molecule has 3 aromatic rings. The molecule has 4 nitrogen and oxygen atoms in total. The van der Waals surface area contributed by atoms with Gasteiger partial charge in [-0.15, -0.1) is 0 Å². The summed E-state index contributed by atoms with van der Waals surface area (Å²) in [6.07, 6.45) is 0. The lowest BCUT2D eigenvalue weighted by Gasteiger charge is -2.15. The van der Waals surface area contributed by atoms with E-state index in [9.17, 15) is 14.0 Å². The Morgan fingerprint density at radius 2 is 1.86 bits per heavy atom. The van der Waals surface area contributed by atoms with Crippen LogP contribution in [0, 0.1) is 5.82 Å². The lowest BCUT2D eigenvalue weighted by Crippen LogP contribution is -2.16. The third-order valence-electron chi connectivity index (χ3n) is 3.37. The molecule has 0 spiro atoms. The smallest absolute Gasteiger partial charge is 0.323 e. The van der Waals surface area contributed by atoms with Crippen molar-refractivity contribution in [3.8, 4) is 0 Å². The van der Waals surface area contributed by atoms with Gasteiger partial charge in [-0.25, -0.2) is 4.39 Å². The number of rotatable bonds is 2. The van der Waals surface area contributed by atoms with Crippen molar-refractivity contribution in [1.82, 2.24) is 4.57 Å². The van der Waals surface area contributed by atoms with E-state index in [0.29, 0.717) is 0 Å². The molecule has 0 saturated heterocycles. The molecule has 112 valence electrons. The summed E-state index contributed by atoms with van der Waals surface area (Å²) in [7, 11) is 0.